The van der Waals surface area contributed by atoms with E-state index in [-0.39, 0.29) is 0 Å². The molecule has 0 saturated carbocycles. The van der Waals surface area contributed by atoms with Crippen molar-refractivity contribution in [2.24, 2.45) is 0 Å². The Labute approximate surface area is 93.5 Å². The normalized spacial score (nSPS) is 10.3. The fourth-order valence-corrected chi connectivity index (χ4v) is 1.71. The molecule has 1 heterocycles. The minimum Gasteiger partial charge on any atom is -0.378 e. The molecule has 2 aromatic rings. The number of benzene rings is 1. The SMILES string of the molecule is Cc1cc(Cl)cc(NCc2ncc[nH]2)c1. The molecule has 0 unspecified atom stereocenters. The lowest BCUT2D eigenvalue weighted by Gasteiger charge is -2.06. The maximum Gasteiger partial charge on any atom is 0.125 e. The Morgan fingerprint density at radius 1 is 1.40 bits per heavy atom. The van der Waals surface area contributed by atoms with Crippen LogP contribution in [0.15, 0.2) is 30.6 Å². The van der Waals surface area contributed by atoms with Crippen molar-refractivity contribution in [1.82, 2.24) is 9.97 Å². The van der Waals surface area contributed by atoms with Gasteiger partial charge in [0.05, 0.1) is 6.54 Å². The molecule has 78 valence electrons. The van der Waals surface area contributed by atoms with Crippen molar-refractivity contribution >= 4 is 17.3 Å². The van der Waals surface area contributed by atoms with Crippen molar-refractivity contribution in [2.75, 3.05) is 5.32 Å². The first kappa shape index (κ1) is 10.1. The number of nitrogens with one attached hydrogen (secondary N) is 2. The summed E-state index contributed by atoms with van der Waals surface area (Å²) in [5.41, 5.74) is 2.15. The predicted octanol–water partition coefficient (Wildman–Crippen LogP) is 2.98. The summed E-state index contributed by atoms with van der Waals surface area (Å²) in [6, 6.07) is 5.88. The Hall–Kier alpha value is -1.48. The van der Waals surface area contributed by atoms with Crippen LogP contribution in [-0.4, -0.2) is 9.97 Å². The van der Waals surface area contributed by atoms with Crippen LogP contribution in [0.2, 0.25) is 5.02 Å². The van der Waals surface area contributed by atoms with E-state index in [1.54, 1.807) is 12.4 Å². The van der Waals surface area contributed by atoms with Gasteiger partial charge in [0.15, 0.2) is 0 Å². The monoisotopic (exact) mass is 221 g/mol. The van der Waals surface area contributed by atoms with Crippen molar-refractivity contribution in [1.29, 1.82) is 0 Å². The molecule has 2 N–H and O–H groups in total. The smallest absolute Gasteiger partial charge is 0.125 e. The zero-order valence-electron chi connectivity index (χ0n) is 8.42. The number of hydrogen-bond donors (Lipinski definition) is 2. The summed E-state index contributed by atoms with van der Waals surface area (Å²) in [5.74, 6) is 0.910. The first-order valence-corrected chi connectivity index (χ1v) is 5.11. The van der Waals surface area contributed by atoms with Gasteiger partial charge in [-0.3, -0.25) is 0 Å². The highest BCUT2D eigenvalue weighted by atomic mass is 35.5. The minimum absolute atomic E-state index is 0.673. The standard InChI is InChI=1S/C11H12ClN3/c1-8-4-9(12)6-10(5-8)15-7-11-13-2-3-14-11/h2-6,15H,7H2,1H3,(H,13,14). The second-order valence-corrected chi connectivity index (χ2v) is 3.84. The van der Waals surface area contributed by atoms with Gasteiger partial charge in [-0.1, -0.05) is 11.6 Å². The molecule has 0 aliphatic carbocycles. The Morgan fingerprint density at radius 2 is 2.27 bits per heavy atom. The van der Waals surface area contributed by atoms with Crippen LogP contribution in [-0.2, 0) is 6.54 Å². The van der Waals surface area contributed by atoms with Crippen LogP contribution in [0.1, 0.15) is 11.4 Å². The number of hydrogen-bond acceptors (Lipinski definition) is 2. The van der Waals surface area contributed by atoms with E-state index in [4.69, 9.17) is 11.6 Å². The average molecular weight is 222 g/mol. The lowest BCUT2D eigenvalue weighted by atomic mass is 10.2. The van der Waals surface area contributed by atoms with E-state index >= 15 is 0 Å². The number of aromatic nitrogens is 2. The first-order valence-electron chi connectivity index (χ1n) is 4.73. The molecule has 4 heteroatoms. The summed E-state index contributed by atoms with van der Waals surface area (Å²) in [7, 11) is 0. The average Bonchev–Trinajstić information content (AvgIpc) is 2.65. The number of imidazole rings is 1. The van der Waals surface area contributed by atoms with Crippen LogP contribution in [0, 0.1) is 6.92 Å². The van der Waals surface area contributed by atoms with Crippen molar-refractivity contribution < 1.29 is 0 Å². The second kappa shape index (κ2) is 4.36. The largest absolute Gasteiger partial charge is 0.378 e. The Morgan fingerprint density at radius 3 is 2.93 bits per heavy atom. The summed E-state index contributed by atoms with van der Waals surface area (Å²) >= 11 is 5.95. The number of nitrogens with zero attached hydrogens (tertiary/aromatic N) is 1. The van der Waals surface area contributed by atoms with E-state index in [1.165, 1.54) is 0 Å². The molecule has 0 fully saturated rings. The molecule has 0 aliphatic heterocycles. The van der Waals surface area contributed by atoms with Crippen LogP contribution in [0.25, 0.3) is 0 Å². The van der Waals surface area contributed by atoms with E-state index in [9.17, 15) is 0 Å². The molecule has 3 nitrogen and oxygen atoms in total. The fourth-order valence-electron chi connectivity index (χ4n) is 1.42. The zero-order chi connectivity index (χ0) is 10.7. The Kier molecular flexibility index (Phi) is 2.92. The van der Waals surface area contributed by atoms with Gasteiger partial charge in [-0.15, -0.1) is 0 Å². The van der Waals surface area contributed by atoms with Gasteiger partial charge in [0.1, 0.15) is 5.82 Å². The minimum atomic E-state index is 0.673. The van der Waals surface area contributed by atoms with Gasteiger partial charge in [0.25, 0.3) is 0 Å². The number of aryl methyl sites for hydroxylation is 1. The highest BCUT2D eigenvalue weighted by Crippen LogP contribution is 2.18. The third-order valence-electron chi connectivity index (χ3n) is 2.06. The highest BCUT2D eigenvalue weighted by Gasteiger charge is 1.98. The highest BCUT2D eigenvalue weighted by molar-refractivity contribution is 6.30. The third-order valence-corrected chi connectivity index (χ3v) is 2.28. The van der Waals surface area contributed by atoms with Crippen molar-refractivity contribution in [2.45, 2.75) is 13.5 Å². The molecular weight excluding hydrogens is 210 g/mol. The second-order valence-electron chi connectivity index (χ2n) is 3.41. The number of H-pyrrole nitrogens is 1. The van der Waals surface area contributed by atoms with Gasteiger partial charge < -0.3 is 10.3 Å². The summed E-state index contributed by atoms with van der Waals surface area (Å²) < 4.78 is 0. The van der Waals surface area contributed by atoms with Gasteiger partial charge in [0, 0.05) is 23.1 Å². The molecule has 0 saturated heterocycles. The van der Waals surface area contributed by atoms with Gasteiger partial charge in [-0.2, -0.15) is 0 Å². The first-order chi connectivity index (χ1) is 7.24. The van der Waals surface area contributed by atoms with Crippen LogP contribution >= 0.6 is 11.6 Å². The van der Waals surface area contributed by atoms with Crippen LogP contribution in [0.5, 0.6) is 0 Å². The molecule has 0 bridgehead atoms. The summed E-state index contributed by atoms with van der Waals surface area (Å²) in [4.78, 5) is 7.16. The summed E-state index contributed by atoms with van der Waals surface area (Å²) in [5, 5.41) is 4.00. The molecule has 0 spiro atoms. The van der Waals surface area contributed by atoms with Gasteiger partial charge in [-0.25, -0.2) is 4.98 Å². The van der Waals surface area contributed by atoms with E-state index in [0.717, 1.165) is 22.1 Å². The Bertz CT molecular complexity index is 417. The molecule has 15 heavy (non-hydrogen) atoms. The molecule has 2 rings (SSSR count). The summed E-state index contributed by atoms with van der Waals surface area (Å²) in [6.07, 6.45) is 3.54. The topological polar surface area (TPSA) is 40.7 Å². The maximum atomic E-state index is 5.95. The number of halogens is 1. The van der Waals surface area contributed by atoms with E-state index in [2.05, 4.69) is 21.4 Å². The predicted molar refractivity (Wildman–Crippen MR) is 62.1 cm³/mol. The van der Waals surface area contributed by atoms with Gasteiger partial charge >= 0.3 is 0 Å². The van der Waals surface area contributed by atoms with Crippen molar-refractivity contribution in [3.05, 3.63) is 47.0 Å². The van der Waals surface area contributed by atoms with E-state index in [0.29, 0.717) is 6.54 Å². The van der Waals surface area contributed by atoms with Crippen LogP contribution in [0.3, 0.4) is 0 Å². The van der Waals surface area contributed by atoms with Gasteiger partial charge in [0.2, 0.25) is 0 Å². The summed E-state index contributed by atoms with van der Waals surface area (Å²) in [6.45, 7) is 2.69. The Balaban J connectivity index is 2.05. The number of rotatable bonds is 3. The van der Waals surface area contributed by atoms with Crippen LogP contribution < -0.4 is 5.32 Å². The lowest BCUT2D eigenvalue weighted by molar-refractivity contribution is 1.000. The van der Waals surface area contributed by atoms with Crippen molar-refractivity contribution in [3.8, 4) is 0 Å². The molecule has 0 aliphatic rings. The molecule has 0 atom stereocenters. The lowest BCUT2D eigenvalue weighted by Crippen LogP contribution is -2.01. The quantitative estimate of drug-likeness (QED) is 0.837. The molecule has 1 aromatic heterocycles. The maximum absolute atomic E-state index is 5.95. The third kappa shape index (κ3) is 2.73. The van der Waals surface area contributed by atoms with E-state index in [1.807, 2.05) is 19.1 Å². The molecular formula is C11H12ClN3. The molecule has 0 radical (unpaired) electrons. The van der Waals surface area contributed by atoms with Gasteiger partial charge in [-0.05, 0) is 30.7 Å². The zero-order valence-corrected chi connectivity index (χ0v) is 9.17. The van der Waals surface area contributed by atoms with Crippen LogP contribution in [0.4, 0.5) is 5.69 Å². The molecule has 1 aromatic carbocycles. The molecule has 0 amide bonds. The number of aromatic amines is 1. The fraction of sp³-hybridized carbons (Fsp3) is 0.182. The van der Waals surface area contributed by atoms with E-state index < -0.39 is 0 Å². The number of anilines is 1. The van der Waals surface area contributed by atoms with Crippen molar-refractivity contribution in [3.63, 3.8) is 0 Å².